The predicted octanol–water partition coefficient (Wildman–Crippen LogP) is 3.79. The molecule has 2 aromatic carbocycles. The van der Waals surface area contributed by atoms with Crippen LogP contribution in [0, 0.1) is 0 Å². The number of hydrogen-bond acceptors (Lipinski definition) is 3. The van der Waals surface area contributed by atoms with Gasteiger partial charge in [0.05, 0.1) is 0 Å². The second-order valence-corrected chi connectivity index (χ2v) is 5.43. The van der Waals surface area contributed by atoms with Gasteiger partial charge in [-0.1, -0.05) is 31.2 Å². The molecule has 0 spiro atoms. The van der Waals surface area contributed by atoms with Gasteiger partial charge in [0.1, 0.15) is 5.75 Å². The van der Waals surface area contributed by atoms with Gasteiger partial charge in [-0.2, -0.15) is 0 Å². The van der Waals surface area contributed by atoms with E-state index in [4.69, 9.17) is 0 Å². The molecule has 0 aromatic heterocycles. The van der Waals surface area contributed by atoms with Crippen LogP contribution in [0.3, 0.4) is 0 Å². The summed E-state index contributed by atoms with van der Waals surface area (Å²) in [4.78, 5) is 1.28. The fraction of sp³-hybridized carbons (Fsp3) is 0.250. The lowest BCUT2D eigenvalue weighted by atomic mass is 10.2. The molecule has 0 heterocycles. The summed E-state index contributed by atoms with van der Waals surface area (Å²) in [6.45, 7) is 4.03. The van der Waals surface area contributed by atoms with E-state index in [1.54, 1.807) is 12.1 Å². The Bertz CT molecular complexity index is 510. The van der Waals surface area contributed by atoms with Gasteiger partial charge in [-0.15, -0.1) is 11.8 Å². The highest BCUT2D eigenvalue weighted by atomic mass is 32.2. The minimum atomic E-state index is 0.321. The standard InChI is InChI=1S/C16H19NOS/c1-2-17-11-14-4-3-5-16(10-14)19-12-13-6-8-15(18)9-7-13/h3-10,17-18H,2,11-12H2,1H3. The molecule has 0 aliphatic rings. The molecule has 0 amide bonds. The van der Waals surface area contributed by atoms with Crippen LogP contribution in [0.1, 0.15) is 18.1 Å². The van der Waals surface area contributed by atoms with Crippen LogP contribution in [0.15, 0.2) is 53.4 Å². The Balaban J connectivity index is 1.93. The average Bonchev–Trinajstić information content (AvgIpc) is 2.45. The maximum absolute atomic E-state index is 9.25. The third-order valence-corrected chi connectivity index (χ3v) is 3.88. The Morgan fingerprint density at radius 1 is 1.05 bits per heavy atom. The van der Waals surface area contributed by atoms with Gasteiger partial charge in [-0.25, -0.2) is 0 Å². The first-order valence-electron chi connectivity index (χ1n) is 6.48. The van der Waals surface area contributed by atoms with Gasteiger partial charge in [-0.05, 0) is 41.9 Å². The molecule has 3 heteroatoms. The molecule has 100 valence electrons. The quantitative estimate of drug-likeness (QED) is 0.785. The lowest BCUT2D eigenvalue weighted by Gasteiger charge is -2.06. The van der Waals surface area contributed by atoms with Crippen LogP contribution in [-0.2, 0) is 12.3 Å². The van der Waals surface area contributed by atoms with Crippen molar-refractivity contribution in [3.05, 3.63) is 59.7 Å². The topological polar surface area (TPSA) is 32.3 Å². The van der Waals surface area contributed by atoms with Crippen LogP contribution in [0.4, 0.5) is 0 Å². The summed E-state index contributed by atoms with van der Waals surface area (Å²) in [5, 5.41) is 12.6. The molecule has 0 atom stereocenters. The van der Waals surface area contributed by atoms with Gasteiger partial charge >= 0.3 is 0 Å². The number of aromatic hydroxyl groups is 1. The van der Waals surface area contributed by atoms with E-state index in [9.17, 15) is 5.11 Å². The number of phenolic OH excluding ortho intramolecular Hbond substituents is 1. The number of phenols is 1. The number of benzene rings is 2. The van der Waals surface area contributed by atoms with Crippen molar-refractivity contribution in [3.8, 4) is 5.75 Å². The van der Waals surface area contributed by atoms with Crippen molar-refractivity contribution >= 4 is 11.8 Å². The Morgan fingerprint density at radius 3 is 2.58 bits per heavy atom. The van der Waals surface area contributed by atoms with Crippen LogP contribution in [0.2, 0.25) is 0 Å². The van der Waals surface area contributed by atoms with Crippen molar-refractivity contribution in [2.24, 2.45) is 0 Å². The Kier molecular flexibility index (Phi) is 5.31. The molecule has 0 saturated carbocycles. The van der Waals surface area contributed by atoms with E-state index in [-0.39, 0.29) is 0 Å². The van der Waals surface area contributed by atoms with Crippen LogP contribution in [0.5, 0.6) is 5.75 Å². The highest BCUT2D eigenvalue weighted by Gasteiger charge is 1.99. The van der Waals surface area contributed by atoms with E-state index in [0.717, 1.165) is 18.8 Å². The lowest BCUT2D eigenvalue weighted by Crippen LogP contribution is -2.11. The minimum absolute atomic E-state index is 0.321. The summed E-state index contributed by atoms with van der Waals surface area (Å²) in [5.74, 6) is 1.24. The van der Waals surface area contributed by atoms with Gasteiger partial charge in [-0.3, -0.25) is 0 Å². The summed E-state index contributed by atoms with van der Waals surface area (Å²) in [7, 11) is 0. The first-order chi connectivity index (χ1) is 9.28. The highest BCUT2D eigenvalue weighted by Crippen LogP contribution is 2.24. The zero-order valence-electron chi connectivity index (χ0n) is 11.1. The first-order valence-corrected chi connectivity index (χ1v) is 7.47. The SMILES string of the molecule is CCNCc1cccc(SCc2ccc(O)cc2)c1. The van der Waals surface area contributed by atoms with Crippen LogP contribution < -0.4 is 5.32 Å². The van der Waals surface area contributed by atoms with E-state index >= 15 is 0 Å². The molecule has 2 N–H and O–H groups in total. The normalized spacial score (nSPS) is 10.6. The van der Waals surface area contributed by atoms with E-state index in [0.29, 0.717) is 5.75 Å². The molecule has 0 unspecified atom stereocenters. The van der Waals surface area contributed by atoms with Gasteiger partial charge < -0.3 is 10.4 Å². The molecule has 0 fully saturated rings. The van der Waals surface area contributed by atoms with Gasteiger partial charge in [0.2, 0.25) is 0 Å². The number of thioether (sulfide) groups is 1. The Hall–Kier alpha value is -1.45. The number of hydrogen-bond donors (Lipinski definition) is 2. The lowest BCUT2D eigenvalue weighted by molar-refractivity contribution is 0.475. The molecule has 0 aliphatic carbocycles. The Labute approximate surface area is 118 Å². The van der Waals surface area contributed by atoms with Gasteiger partial charge in [0.25, 0.3) is 0 Å². The van der Waals surface area contributed by atoms with Crippen molar-refractivity contribution in [2.75, 3.05) is 6.54 Å². The van der Waals surface area contributed by atoms with Gasteiger partial charge in [0.15, 0.2) is 0 Å². The molecule has 0 bridgehead atoms. The van der Waals surface area contributed by atoms with Gasteiger partial charge in [0, 0.05) is 17.2 Å². The van der Waals surface area contributed by atoms with Crippen LogP contribution >= 0.6 is 11.8 Å². The first kappa shape index (κ1) is 14.0. The zero-order chi connectivity index (χ0) is 13.5. The van der Waals surface area contributed by atoms with E-state index < -0.39 is 0 Å². The molecule has 2 rings (SSSR count). The summed E-state index contributed by atoms with van der Waals surface area (Å²) >= 11 is 1.82. The smallest absolute Gasteiger partial charge is 0.115 e. The van der Waals surface area contributed by atoms with E-state index in [1.165, 1.54) is 16.0 Å². The van der Waals surface area contributed by atoms with Crippen molar-refractivity contribution in [1.82, 2.24) is 5.32 Å². The Morgan fingerprint density at radius 2 is 1.84 bits per heavy atom. The minimum Gasteiger partial charge on any atom is -0.508 e. The summed E-state index contributed by atoms with van der Waals surface area (Å²) < 4.78 is 0. The van der Waals surface area contributed by atoms with Crippen LogP contribution in [-0.4, -0.2) is 11.7 Å². The summed E-state index contributed by atoms with van der Waals surface area (Å²) in [6, 6.07) is 16.0. The van der Waals surface area contributed by atoms with Crippen molar-refractivity contribution < 1.29 is 5.11 Å². The second-order valence-electron chi connectivity index (χ2n) is 4.38. The summed E-state index contributed by atoms with van der Waals surface area (Å²) in [6.07, 6.45) is 0. The van der Waals surface area contributed by atoms with Crippen molar-refractivity contribution in [2.45, 2.75) is 24.1 Å². The second kappa shape index (κ2) is 7.22. The third kappa shape index (κ3) is 4.62. The summed E-state index contributed by atoms with van der Waals surface area (Å²) in [5.41, 5.74) is 2.54. The van der Waals surface area contributed by atoms with Crippen molar-refractivity contribution in [3.63, 3.8) is 0 Å². The molecule has 2 aromatic rings. The largest absolute Gasteiger partial charge is 0.508 e. The number of nitrogens with one attached hydrogen (secondary N) is 1. The monoisotopic (exact) mass is 273 g/mol. The van der Waals surface area contributed by atoms with E-state index in [1.807, 2.05) is 23.9 Å². The maximum atomic E-state index is 9.25. The third-order valence-electron chi connectivity index (χ3n) is 2.82. The molecule has 19 heavy (non-hydrogen) atoms. The molecular weight excluding hydrogens is 254 g/mol. The fourth-order valence-corrected chi connectivity index (χ4v) is 2.71. The number of rotatable bonds is 6. The van der Waals surface area contributed by atoms with E-state index in [2.05, 4.69) is 36.5 Å². The maximum Gasteiger partial charge on any atom is 0.115 e. The predicted molar refractivity (Wildman–Crippen MR) is 81.5 cm³/mol. The van der Waals surface area contributed by atoms with Crippen molar-refractivity contribution in [1.29, 1.82) is 0 Å². The molecule has 2 nitrogen and oxygen atoms in total. The fourth-order valence-electron chi connectivity index (χ4n) is 1.77. The van der Waals surface area contributed by atoms with Crippen LogP contribution in [0.25, 0.3) is 0 Å². The molecule has 0 aliphatic heterocycles. The molecular formula is C16H19NOS. The highest BCUT2D eigenvalue weighted by molar-refractivity contribution is 7.98. The zero-order valence-corrected chi connectivity index (χ0v) is 11.9. The molecule has 0 radical (unpaired) electrons. The molecule has 0 saturated heterocycles. The average molecular weight is 273 g/mol.